The summed E-state index contributed by atoms with van der Waals surface area (Å²) in [7, 11) is 0. The number of carboxylic acids is 1. The molecular weight excluding hydrogens is 256 g/mol. The van der Waals surface area contributed by atoms with Gasteiger partial charge >= 0.3 is 5.97 Å². The largest absolute Gasteiger partial charge is 0.481 e. The number of rotatable bonds is 8. The van der Waals surface area contributed by atoms with Crippen molar-refractivity contribution in [2.24, 2.45) is 17.6 Å². The van der Waals surface area contributed by atoms with Crippen LogP contribution in [-0.4, -0.2) is 23.5 Å². The third-order valence-corrected chi connectivity index (χ3v) is 3.03. The predicted octanol–water partition coefficient (Wildman–Crippen LogP) is 2.33. The van der Waals surface area contributed by atoms with Crippen LogP contribution >= 0.6 is 0 Å². The number of carbonyl (C=O) groups is 2. The summed E-state index contributed by atoms with van der Waals surface area (Å²) < 4.78 is 0. The highest BCUT2D eigenvalue weighted by atomic mass is 16.4. The Morgan fingerprint density at radius 2 is 1.85 bits per heavy atom. The molecule has 20 heavy (non-hydrogen) atoms. The number of aliphatic carboxylic acids is 1. The molecule has 4 N–H and O–H groups in total. The molecule has 0 spiro atoms. The quantitative estimate of drug-likeness (QED) is 0.680. The van der Waals surface area contributed by atoms with Crippen molar-refractivity contribution in [1.82, 2.24) is 0 Å². The number of hydrogen-bond acceptors (Lipinski definition) is 3. The monoisotopic (exact) mass is 278 g/mol. The number of carboxylic acid groups (broad SMARTS) is 1. The maximum absolute atomic E-state index is 11.0. The van der Waals surface area contributed by atoms with Crippen LogP contribution in [0.3, 0.4) is 0 Å². The summed E-state index contributed by atoms with van der Waals surface area (Å²) in [5.41, 5.74) is 6.48. The first-order valence-electron chi connectivity index (χ1n) is 6.74. The lowest BCUT2D eigenvalue weighted by atomic mass is 9.94. The van der Waals surface area contributed by atoms with Gasteiger partial charge in [0, 0.05) is 24.2 Å². The van der Waals surface area contributed by atoms with Crippen molar-refractivity contribution in [1.29, 1.82) is 0 Å². The van der Waals surface area contributed by atoms with Gasteiger partial charge in [-0.25, -0.2) is 0 Å². The lowest BCUT2D eigenvalue weighted by Crippen LogP contribution is -2.19. The standard InChI is InChI=1S/C15H22N2O3/c1-10(2)7-11(8-14(18)19)9-17-13-5-3-12(4-6-13)15(16)20/h3-6,10-11,17H,7-9H2,1-2H3,(H2,16,20)(H,18,19). The van der Waals surface area contributed by atoms with E-state index in [9.17, 15) is 9.59 Å². The molecule has 1 aromatic rings. The van der Waals surface area contributed by atoms with E-state index in [1.807, 2.05) is 0 Å². The molecule has 0 saturated heterocycles. The van der Waals surface area contributed by atoms with E-state index in [-0.39, 0.29) is 12.3 Å². The van der Waals surface area contributed by atoms with Crippen LogP contribution < -0.4 is 11.1 Å². The van der Waals surface area contributed by atoms with Crippen LogP contribution in [0.25, 0.3) is 0 Å². The molecular formula is C15H22N2O3. The molecule has 1 amide bonds. The Bertz CT molecular complexity index is 455. The summed E-state index contributed by atoms with van der Waals surface area (Å²) in [6.45, 7) is 4.76. The highest BCUT2D eigenvalue weighted by Crippen LogP contribution is 2.17. The summed E-state index contributed by atoms with van der Waals surface area (Å²) in [6.07, 6.45) is 1.02. The van der Waals surface area contributed by atoms with Gasteiger partial charge in [-0.05, 0) is 42.5 Å². The molecule has 0 heterocycles. The summed E-state index contributed by atoms with van der Waals surface area (Å²) in [5.74, 6) is -0.691. The van der Waals surface area contributed by atoms with Gasteiger partial charge in [0.05, 0.1) is 0 Å². The Hall–Kier alpha value is -2.04. The van der Waals surface area contributed by atoms with Crippen molar-refractivity contribution in [3.63, 3.8) is 0 Å². The minimum Gasteiger partial charge on any atom is -0.481 e. The van der Waals surface area contributed by atoms with Gasteiger partial charge in [-0.3, -0.25) is 9.59 Å². The minimum atomic E-state index is -0.776. The smallest absolute Gasteiger partial charge is 0.303 e. The van der Waals surface area contributed by atoms with Crippen molar-refractivity contribution < 1.29 is 14.7 Å². The number of hydrogen-bond donors (Lipinski definition) is 3. The van der Waals surface area contributed by atoms with Crippen molar-refractivity contribution >= 4 is 17.6 Å². The normalized spacial score (nSPS) is 12.2. The number of anilines is 1. The second kappa shape index (κ2) is 7.53. The predicted molar refractivity (Wildman–Crippen MR) is 78.6 cm³/mol. The first-order valence-corrected chi connectivity index (χ1v) is 6.74. The van der Waals surface area contributed by atoms with Crippen LogP contribution in [0.2, 0.25) is 0 Å². The molecule has 0 bridgehead atoms. The average molecular weight is 278 g/mol. The molecule has 0 radical (unpaired) electrons. The van der Waals surface area contributed by atoms with Crippen LogP contribution in [0.5, 0.6) is 0 Å². The summed E-state index contributed by atoms with van der Waals surface area (Å²) >= 11 is 0. The maximum atomic E-state index is 11.0. The van der Waals surface area contributed by atoms with Gasteiger partial charge in [0.2, 0.25) is 5.91 Å². The zero-order chi connectivity index (χ0) is 15.1. The minimum absolute atomic E-state index is 0.0864. The van der Waals surface area contributed by atoms with Crippen LogP contribution in [-0.2, 0) is 4.79 Å². The van der Waals surface area contributed by atoms with E-state index in [4.69, 9.17) is 10.8 Å². The molecule has 0 aliphatic heterocycles. The van der Waals surface area contributed by atoms with Crippen molar-refractivity contribution in [3.8, 4) is 0 Å². The Labute approximate surface area is 119 Å². The molecule has 0 fully saturated rings. The van der Waals surface area contributed by atoms with E-state index in [0.29, 0.717) is 18.0 Å². The second-order valence-corrected chi connectivity index (χ2v) is 5.42. The third-order valence-electron chi connectivity index (χ3n) is 3.03. The number of nitrogens with one attached hydrogen (secondary N) is 1. The zero-order valence-electron chi connectivity index (χ0n) is 11.9. The molecule has 0 aliphatic rings. The van der Waals surface area contributed by atoms with Crippen LogP contribution in [0.4, 0.5) is 5.69 Å². The van der Waals surface area contributed by atoms with Gasteiger partial charge in [0.15, 0.2) is 0 Å². The number of amides is 1. The van der Waals surface area contributed by atoms with Crippen LogP contribution in [0.1, 0.15) is 37.0 Å². The average Bonchev–Trinajstić information content (AvgIpc) is 2.35. The molecule has 1 rings (SSSR count). The van der Waals surface area contributed by atoms with Gasteiger partial charge in [-0.2, -0.15) is 0 Å². The lowest BCUT2D eigenvalue weighted by Gasteiger charge is -2.18. The Kier molecular flexibility index (Phi) is 6.03. The van der Waals surface area contributed by atoms with E-state index >= 15 is 0 Å². The van der Waals surface area contributed by atoms with Crippen LogP contribution in [0, 0.1) is 11.8 Å². The Morgan fingerprint density at radius 1 is 1.25 bits per heavy atom. The van der Waals surface area contributed by atoms with E-state index < -0.39 is 11.9 Å². The van der Waals surface area contributed by atoms with E-state index in [1.54, 1.807) is 24.3 Å². The molecule has 1 unspecified atom stereocenters. The van der Waals surface area contributed by atoms with E-state index in [0.717, 1.165) is 12.1 Å². The fraction of sp³-hybridized carbons (Fsp3) is 0.467. The molecule has 5 heteroatoms. The molecule has 0 aliphatic carbocycles. The first-order chi connectivity index (χ1) is 9.38. The molecule has 0 aromatic heterocycles. The van der Waals surface area contributed by atoms with Crippen molar-refractivity contribution in [2.75, 3.05) is 11.9 Å². The van der Waals surface area contributed by atoms with Gasteiger partial charge in [0.1, 0.15) is 0 Å². The lowest BCUT2D eigenvalue weighted by molar-refractivity contribution is -0.138. The highest BCUT2D eigenvalue weighted by molar-refractivity contribution is 5.93. The SMILES string of the molecule is CC(C)CC(CNc1ccc(C(N)=O)cc1)CC(=O)O. The second-order valence-electron chi connectivity index (χ2n) is 5.42. The van der Waals surface area contributed by atoms with E-state index in [2.05, 4.69) is 19.2 Å². The van der Waals surface area contributed by atoms with Gasteiger partial charge < -0.3 is 16.2 Å². The number of benzene rings is 1. The number of nitrogens with two attached hydrogens (primary N) is 1. The van der Waals surface area contributed by atoms with Crippen LogP contribution in [0.15, 0.2) is 24.3 Å². The highest BCUT2D eigenvalue weighted by Gasteiger charge is 2.14. The van der Waals surface area contributed by atoms with Gasteiger partial charge in [-0.1, -0.05) is 13.8 Å². The first kappa shape index (κ1) is 16.0. The Morgan fingerprint density at radius 3 is 2.30 bits per heavy atom. The number of primary amides is 1. The van der Waals surface area contributed by atoms with E-state index in [1.165, 1.54) is 0 Å². The van der Waals surface area contributed by atoms with Crippen molar-refractivity contribution in [2.45, 2.75) is 26.7 Å². The fourth-order valence-corrected chi connectivity index (χ4v) is 2.17. The molecule has 1 atom stereocenters. The zero-order valence-corrected chi connectivity index (χ0v) is 11.9. The molecule has 1 aromatic carbocycles. The van der Waals surface area contributed by atoms with Gasteiger partial charge in [0.25, 0.3) is 0 Å². The van der Waals surface area contributed by atoms with Gasteiger partial charge in [-0.15, -0.1) is 0 Å². The third kappa shape index (κ3) is 5.73. The summed E-state index contributed by atoms with van der Waals surface area (Å²) in [4.78, 5) is 21.8. The van der Waals surface area contributed by atoms with Crippen molar-refractivity contribution in [3.05, 3.63) is 29.8 Å². The molecule has 0 saturated carbocycles. The molecule has 110 valence electrons. The topological polar surface area (TPSA) is 92.4 Å². The summed E-state index contributed by atoms with van der Waals surface area (Å²) in [5, 5.41) is 12.1. The number of carbonyl (C=O) groups excluding carboxylic acids is 1. The summed E-state index contributed by atoms with van der Waals surface area (Å²) in [6, 6.07) is 6.85. The molecule has 5 nitrogen and oxygen atoms in total. The Balaban J connectivity index is 2.57. The fourth-order valence-electron chi connectivity index (χ4n) is 2.17. The maximum Gasteiger partial charge on any atom is 0.303 e.